The molecule has 1 aromatic carbocycles. The molecule has 0 aliphatic heterocycles. The van der Waals surface area contributed by atoms with Crippen LogP contribution < -0.4 is 4.18 Å². The fraction of sp³-hybridized carbons (Fsp3) is 0.500. The Morgan fingerprint density at radius 1 is 1.33 bits per heavy atom. The average molecular weight is 334 g/mol. The zero-order valence-electron chi connectivity index (χ0n) is 12.5. The molecular weight excluding hydrogens is 314 g/mol. The van der Waals surface area contributed by atoms with E-state index in [0.717, 1.165) is 11.8 Å². The Kier molecular flexibility index (Phi) is 6.04. The molecular formula is C14H20ClNO4S. The van der Waals surface area contributed by atoms with Crippen molar-refractivity contribution in [2.24, 2.45) is 0 Å². The fourth-order valence-corrected chi connectivity index (χ4v) is 2.39. The van der Waals surface area contributed by atoms with E-state index in [9.17, 15) is 13.2 Å². The van der Waals surface area contributed by atoms with Crippen LogP contribution in [0.25, 0.3) is 0 Å². The lowest BCUT2D eigenvalue weighted by atomic mass is 10.1. The lowest BCUT2D eigenvalue weighted by Crippen LogP contribution is -2.40. The second-order valence-electron chi connectivity index (χ2n) is 5.11. The summed E-state index contributed by atoms with van der Waals surface area (Å²) in [4.78, 5) is 13.7. The van der Waals surface area contributed by atoms with Gasteiger partial charge in [0.15, 0.2) is 0 Å². The molecule has 21 heavy (non-hydrogen) atoms. The maximum Gasteiger partial charge on any atom is 0.306 e. The van der Waals surface area contributed by atoms with Crippen molar-refractivity contribution in [1.29, 1.82) is 0 Å². The van der Waals surface area contributed by atoms with Gasteiger partial charge in [-0.2, -0.15) is 8.42 Å². The Morgan fingerprint density at radius 3 is 2.43 bits per heavy atom. The Hall–Kier alpha value is -1.27. The van der Waals surface area contributed by atoms with Gasteiger partial charge < -0.3 is 9.08 Å². The standard InChI is InChI=1S/C14H20ClNO4S/c1-10(2)16(14(17)11(3)15)9-12-6-5-7-13(8-12)20-21(4,18)19/h5-8,10-11H,9H2,1-4H3/t11-/m1/s1. The maximum atomic E-state index is 12.1. The van der Waals surface area contributed by atoms with Gasteiger partial charge in [0, 0.05) is 12.6 Å². The predicted molar refractivity (Wildman–Crippen MR) is 82.9 cm³/mol. The molecule has 0 unspecified atom stereocenters. The summed E-state index contributed by atoms with van der Waals surface area (Å²) in [6, 6.07) is 6.62. The first kappa shape index (κ1) is 17.8. The lowest BCUT2D eigenvalue weighted by Gasteiger charge is -2.28. The molecule has 0 N–H and O–H groups in total. The third-order valence-electron chi connectivity index (χ3n) is 2.75. The molecule has 0 aliphatic carbocycles. The second kappa shape index (κ2) is 7.13. The van der Waals surface area contributed by atoms with Crippen molar-refractivity contribution in [1.82, 2.24) is 4.90 Å². The van der Waals surface area contributed by atoms with Crippen LogP contribution in [-0.2, 0) is 21.5 Å². The van der Waals surface area contributed by atoms with Crippen molar-refractivity contribution in [3.63, 3.8) is 0 Å². The van der Waals surface area contributed by atoms with Gasteiger partial charge in [0.25, 0.3) is 0 Å². The lowest BCUT2D eigenvalue weighted by molar-refractivity contribution is -0.132. The van der Waals surface area contributed by atoms with Gasteiger partial charge in [0.1, 0.15) is 11.1 Å². The van der Waals surface area contributed by atoms with E-state index in [0.29, 0.717) is 6.54 Å². The molecule has 0 radical (unpaired) electrons. The van der Waals surface area contributed by atoms with Gasteiger partial charge in [-0.15, -0.1) is 11.6 Å². The molecule has 0 aromatic heterocycles. The molecule has 118 valence electrons. The van der Waals surface area contributed by atoms with Gasteiger partial charge in [-0.1, -0.05) is 12.1 Å². The minimum Gasteiger partial charge on any atom is -0.383 e. The highest BCUT2D eigenvalue weighted by Gasteiger charge is 2.21. The smallest absolute Gasteiger partial charge is 0.306 e. The van der Waals surface area contributed by atoms with Crippen LogP contribution in [0.15, 0.2) is 24.3 Å². The molecule has 0 fully saturated rings. The number of halogens is 1. The number of carbonyl (C=O) groups excluding carboxylic acids is 1. The third kappa shape index (κ3) is 5.93. The zero-order valence-corrected chi connectivity index (χ0v) is 14.1. The molecule has 0 bridgehead atoms. The van der Waals surface area contributed by atoms with Crippen LogP contribution >= 0.6 is 11.6 Å². The summed E-state index contributed by atoms with van der Waals surface area (Å²) < 4.78 is 27.1. The van der Waals surface area contributed by atoms with Gasteiger partial charge in [0.05, 0.1) is 6.26 Å². The molecule has 0 spiro atoms. The third-order valence-corrected chi connectivity index (χ3v) is 3.43. The van der Waals surface area contributed by atoms with Gasteiger partial charge in [-0.05, 0) is 38.5 Å². The summed E-state index contributed by atoms with van der Waals surface area (Å²) in [5.74, 6) is 0.0613. The van der Waals surface area contributed by atoms with Gasteiger partial charge in [0.2, 0.25) is 5.91 Å². The fourth-order valence-electron chi connectivity index (χ4n) is 1.81. The molecule has 0 saturated carbocycles. The van der Waals surface area contributed by atoms with Crippen LogP contribution in [-0.4, -0.2) is 36.9 Å². The number of hydrogen-bond donors (Lipinski definition) is 0. The zero-order chi connectivity index (χ0) is 16.2. The summed E-state index contributed by atoms with van der Waals surface area (Å²) >= 11 is 5.86. The molecule has 1 atom stereocenters. The molecule has 7 heteroatoms. The van der Waals surface area contributed by atoms with E-state index in [1.807, 2.05) is 13.8 Å². The molecule has 1 rings (SSSR count). The highest BCUT2D eigenvalue weighted by Crippen LogP contribution is 2.18. The monoisotopic (exact) mass is 333 g/mol. The Balaban J connectivity index is 2.95. The first-order chi connectivity index (χ1) is 9.60. The van der Waals surface area contributed by atoms with E-state index >= 15 is 0 Å². The Labute approximate surface area is 131 Å². The number of nitrogens with zero attached hydrogens (tertiary/aromatic N) is 1. The number of alkyl halides is 1. The first-order valence-electron chi connectivity index (χ1n) is 6.53. The van der Waals surface area contributed by atoms with E-state index in [4.69, 9.17) is 15.8 Å². The van der Waals surface area contributed by atoms with Gasteiger partial charge in [-0.25, -0.2) is 0 Å². The normalized spacial score (nSPS) is 13.0. The largest absolute Gasteiger partial charge is 0.383 e. The van der Waals surface area contributed by atoms with Crippen molar-refractivity contribution in [3.8, 4) is 5.75 Å². The topological polar surface area (TPSA) is 63.7 Å². The van der Waals surface area contributed by atoms with Crippen LogP contribution in [0.3, 0.4) is 0 Å². The van der Waals surface area contributed by atoms with E-state index in [2.05, 4.69) is 0 Å². The highest BCUT2D eigenvalue weighted by molar-refractivity contribution is 7.86. The molecule has 0 aliphatic rings. The van der Waals surface area contributed by atoms with Crippen LogP contribution in [0.4, 0.5) is 0 Å². The second-order valence-corrected chi connectivity index (χ2v) is 7.34. The minimum atomic E-state index is -3.57. The number of hydrogen-bond acceptors (Lipinski definition) is 4. The van der Waals surface area contributed by atoms with Crippen LogP contribution in [0.1, 0.15) is 26.3 Å². The molecule has 1 amide bonds. The Morgan fingerprint density at radius 2 is 1.95 bits per heavy atom. The number of benzene rings is 1. The molecule has 1 aromatic rings. The number of carbonyl (C=O) groups is 1. The van der Waals surface area contributed by atoms with Gasteiger partial charge >= 0.3 is 10.1 Å². The summed E-state index contributed by atoms with van der Waals surface area (Å²) in [5.41, 5.74) is 0.774. The number of amides is 1. The summed E-state index contributed by atoms with van der Waals surface area (Å²) in [5, 5.41) is -0.608. The van der Waals surface area contributed by atoms with E-state index in [-0.39, 0.29) is 17.7 Å². The van der Waals surface area contributed by atoms with Crippen LogP contribution in [0.5, 0.6) is 5.75 Å². The average Bonchev–Trinajstić information content (AvgIpc) is 2.33. The summed E-state index contributed by atoms with van der Waals surface area (Å²) in [6.45, 7) is 5.76. The molecule has 5 nitrogen and oxygen atoms in total. The predicted octanol–water partition coefficient (Wildman–Crippen LogP) is 2.39. The van der Waals surface area contributed by atoms with E-state index in [1.165, 1.54) is 0 Å². The van der Waals surface area contributed by atoms with Crippen molar-refractivity contribution in [2.75, 3.05) is 6.26 Å². The van der Waals surface area contributed by atoms with E-state index < -0.39 is 15.5 Å². The van der Waals surface area contributed by atoms with Crippen LogP contribution in [0, 0.1) is 0 Å². The molecule has 0 heterocycles. The van der Waals surface area contributed by atoms with Gasteiger partial charge in [-0.3, -0.25) is 4.79 Å². The first-order valence-corrected chi connectivity index (χ1v) is 8.78. The van der Waals surface area contributed by atoms with Crippen molar-refractivity contribution in [2.45, 2.75) is 38.7 Å². The SMILES string of the molecule is CC(C)N(Cc1cccc(OS(C)(=O)=O)c1)C(=O)[C@@H](C)Cl. The van der Waals surface area contributed by atoms with Crippen molar-refractivity contribution < 1.29 is 17.4 Å². The van der Waals surface area contributed by atoms with Crippen molar-refractivity contribution in [3.05, 3.63) is 29.8 Å². The Bertz CT molecular complexity index is 599. The maximum absolute atomic E-state index is 12.1. The highest BCUT2D eigenvalue weighted by atomic mass is 35.5. The van der Waals surface area contributed by atoms with Crippen LogP contribution in [0.2, 0.25) is 0 Å². The minimum absolute atomic E-state index is 0.0156. The molecule has 0 saturated heterocycles. The summed E-state index contributed by atoms with van der Waals surface area (Å²) in [6.07, 6.45) is 0.985. The van der Waals surface area contributed by atoms with Crippen molar-refractivity contribution >= 4 is 27.6 Å². The number of rotatable bonds is 6. The summed E-state index contributed by atoms with van der Waals surface area (Å²) in [7, 11) is -3.57. The quantitative estimate of drug-likeness (QED) is 0.592. The van der Waals surface area contributed by atoms with E-state index in [1.54, 1.807) is 36.1 Å².